The Bertz CT molecular complexity index is 370. The number of nitrogens with one attached hydrogen (secondary N) is 1. The number of hydrogen-bond donors (Lipinski definition) is 2. The van der Waals surface area contributed by atoms with Crippen LogP contribution in [0.1, 0.15) is 0 Å². The third-order valence-electron chi connectivity index (χ3n) is 1.41. The molecule has 1 aromatic heterocycles. The van der Waals surface area contributed by atoms with E-state index >= 15 is 0 Å². The lowest BCUT2D eigenvalue weighted by Gasteiger charge is -2.03. The predicted octanol–water partition coefficient (Wildman–Crippen LogP) is -1.48. The van der Waals surface area contributed by atoms with Gasteiger partial charge in [-0.3, -0.25) is 0 Å². The number of nitrogens with zero attached hydrogens (tertiary/aromatic N) is 3. The minimum atomic E-state index is -3.40. The van der Waals surface area contributed by atoms with Gasteiger partial charge in [0.1, 0.15) is 5.82 Å². The number of nitrogens with two attached hydrogens (primary N) is 1. The fraction of sp³-hybridized carbons (Fsp3) is 0.600. The van der Waals surface area contributed by atoms with Gasteiger partial charge in [0, 0.05) is 13.6 Å². The van der Waals surface area contributed by atoms with Crippen molar-refractivity contribution >= 4 is 15.8 Å². The summed E-state index contributed by atoms with van der Waals surface area (Å²) in [6, 6.07) is 0. The topological polar surface area (TPSA) is 103 Å². The second-order valence-corrected chi connectivity index (χ2v) is 4.27. The number of aromatic nitrogens is 3. The van der Waals surface area contributed by atoms with E-state index in [2.05, 4.69) is 15.6 Å². The van der Waals surface area contributed by atoms with Gasteiger partial charge < -0.3 is 5.32 Å². The van der Waals surface area contributed by atoms with Crippen molar-refractivity contribution in [2.24, 2.45) is 12.2 Å². The van der Waals surface area contributed by atoms with E-state index in [0.29, 0.717) is 5.82 Å². The maximum atomic E-state index is 10.5. The Morgan fingerprint density at radius 3 is 2.85 bits per heavy atom. The molecule has 0 fully saturated rings. The lowest BCUT2D eigenvalue weighted by molar-refractivity contribution is 0.598. The van der Waals surface area contributed by atoms with Crippen molar-refractivity contribution in [1.82, 2.24) is 15.0 Å². The van der Waals surface area contributed by atoms with Crippen LogP contribution < -0.4 is 10.5 Å². The van der Waals surface area contributed by atoms with Crippen LogP contribution in [0.3, 0.4) is 0 Å². The van der Waals surface area contributed by atoms with E-state index in [9.17, 15) is 8.42 Å². The van der Waals surface area contributed by atoms with E-state index in [1.54, 1.807) is 7.05 Å². The molecule has 8 heteroatoms. The van der Waals surface area contributed by atoms with E-state index in [-0.39, 0.29) is 12.3 Å². The standard InChI is InChI=1S/C5H11N5O2S/c1-10-5(4-8-9-10)7-2-3-13(6,11)12/h4,7H,2-3H2,1H3,(H2,6,11,12). The molecule has 0 radical (unpaired) electrons. The normalized spacial score (nSPS) is 11.5. The molecule has 0 saturated carbocycles. The van der Waals surface area contributed by atoms with Gasteiger partial charge in [-0.15, -0.1) is 5.10 Å². The SMILES string of the molecule is Cn1nncc1NCCS(N)(=O)=O. The van der Waals surface area contributed by atoms with Crippen molar-refractivity contribution < 1.29 is 8.42 Å². The van der Waals surface area contributed by atoms with Crippen LogP contribution in [0.4, 0.5) is 5.82 Å². The molecule has 0 aliphatic rings. The van der Waals surface area contributed by atoms with Gasteiger partial charge >= 0.3 is 0 Å². The Morgan fingerprint density at radius 2 is 2.38 bits per heavy atom. The van der Waals surface area contributed by atoms with Gasteiger partial charge in [0.05, 0.1) is 11.9 Å². The van der Waals surface area contributed by atoms with Crippen LogP contribution in [0.2, 0.25) is 0 Å². The highest BCUT2D eigenvalue weighted by molar-refractivity contribution is 7.89. The second kappa shape index (κ2) is 3.71. The molecule has 7 nitrogen and oxygen atoms in total. The molecule has 0 aromatic carbocycles. The van der Waals surface area contributed by atoms with Crippen LogP contribution in [-0.2, 0) is 17.1 Å². The monoisotopic (exact) mass is 205 g/mol. The molecule has 0 aliphatic carbocycles. The van der Waals surface area contributed by atoms with E-state index < -0.39 is 10.0 Å². The van der Waals surface area contributed by atoms with Crippen molar-refractivity contribution in [1.29, 1.82) is 0 Å². The highest BCUT2D eigenvalue weighted by Gasteiger charge is 2.03. The average molecular weight is 205 g/mol. The number of hydrogen-bond acceptors (Lipinski definition) is 5. The molecule has 0 aliphatic heterocycles. The Labute approximate surface area is 76.0 Å². The first kappa shape index (κ1) is 9.93. The number of primary sulfonamides is 1. The molecule has 1 heterocycles. The minimum absolute atomic E-state index is 0.113. The highest BCUT2D eigenvalue weighted by atomic mass is 32.2. The van der Waals surface area contributed by atoms with Gasteiger partial charge in [-0.05, 0) is 0 Å². The third-order valence-corrected chi connectivity index (χ3v) is 2.18. The summed E-state index contributed by atoms with van der Waals surface area (Å²) in [4.78, 5) is 0. The molecule has 0 unspecified atom stereocenters. The number of aryl methyl sites for hydroxylation is 1. The van der Waals surface area contributed by atoms with Gasteiger partial charge in [-0.25, -0.2) is 18.2 Å². The summed E-state index contributed by atoms with van der Waals surface area (Å²) in [5, 5.41) is 14.9. The van der Waals surface area contributed by atoms with Crippen molar-refractivity contribution in [3.63, 3.8) is 0 Å². The number of anilines is 1. The van der Waals surface area contributed by atoms with Gasteiger partial charge in [-0.1, -0.05) is 5.21 Å². The summed E-state index contributed by atoms with van der Waals surface area (Å²) in [5.41, 5.74) is 0. The smallest absolute Gasteiger partial charge is 0.210 e. The number of sulfonamides is 1. The molecule has 0 bridgehead atoms. The fourth-order valence-corrected chi connectivity index (χ4v) is 1.16. The molecular weight excluding hydrogens is 194 g/mol. The Kier molecular flexibility index (Phi) is 2.83. The van der Waals surface area contributed by atoms with Crippen LogP contribution in [-0.4, -0.2) is 35.7 Å². The molecule has 1 aromatic rings. The molecule has 0 spiro atoms. The first-order chi connectivity index (χ1) is 5.99. The van der Waals surface area contributed by atoms with Gasteiger partial charge in [0.25, 0.3) is 0 Å². The zero-order valence-corrected chi connectivity index (χ0v) is 7.95. The molecule has 74 valence electrons. The van der Waals surface area contributed by atoms with Gasteiger partial charge in [-0.2, -0.15) is 0 Å². The highest BCUT2D eigenvalue weighted by Crippen LogP contribution is 1.99. The van der Waals surface area contributed by atoms with Gasteiger partial charge in [0.15, 0.2) is 0 Å². The van der Waals surface area contributed by atoms with E-state index in [0.717, 1.165) is 0 Å². The molecular formula is C5H11N5O2S. The molecule has 1 rings (SSSR count). The average Bonchev–Trinajstić information content (AvgIpc) is 2.34. The van der Waals surface area contributed by atoms with Crippen molar-refractivity contribution in [3.05, 3.63) is 6.20 Å². The molecule has 13 heavy (non-hydrogen) atoms. The molecule has 0 saturated heterocycles. The van der Waals surface area contributed by atoms with Crippen LogP contribution >= 0.6 is 0 Å². The van der Waals surface area contributed by atoms with Crippen molar-refractivity contribution in [3.8, 4) is 0 Å². The summed E-state index contributed by atoms with van der Waals surface area (Å²) < 4.78 is 22.6. The lowest BCUT2D eigenvalue weighted by atomic mass is 10.6. The zero-order valence-electron chi connectivity index (χ0n) is 7.14. The zero-order chi connectivity index (χ0) is 9.90. The van der Waals surface area contributed by atoms with Crippen molar-refractivity contribution in [2.45, 2.75) is 0 Å². The number of rotatable bonds is 4. The lowest BCUT2D eigenvalue weighted by Crippen LogP contribution is -2.22. The fourth-order valence-electron chi connectivity index (χ4n) is 0.771. The first-order valence-corrected chi connectivity index (χ1v) is 5.29. The largest absolute Gasteiger partial charge is 0.368 e. The Hall–Kier alpha value is -1.15. The quantitative estimate of drug-likeness (QED) is 0.623. The first-order valence-electron chi connectivity index (χ1n) is 3.58. The summed E-state index contributed by atoms with van der Waals surface area (Å²) in [5.74, 6) is 0.543. The van der Waals surface area contributed by atoms with Crippen molar-refractivity contribution in [2.75, 3.05) is 17.6 Å². The third kappa shape index (κ3) is 3.38. The molecule has 0 amide bonds. The van der Waals surface area contributed by atoms with E-state index in [1.807, 2.05) is 0 Å². The van der Waals surface area contributed by atoms with Crippen LogP contribution in [0.25, 0.3) is 0 Å². The van der Waals surface area contributed by atoms with E-state index in [4.69, 9.17) is 5.14 Å². The van der Waals surface area contributed by atoms with E-state index in [1.165, 1.54) is 10.9 Å². The minimum Gasteiger partial charge on any atom is -0.368 e. The summed E-state index contributed by atoms with van der Waals surface area (Å²) >= 11 is 0. The second-order valence-electron chi connectivity index (χ2n) is 2.54. The summed E-state index contributed by atoms with van der Waals surface area (Å²) in [7, 11) is -1.70. The Balaban J connectivity index is 2.41. The summed E-state index contributed by atoms with van der Waals surface area (Å²) in [6.07, 6.45) is 1.50. The maximum Gasteiger partial charge on any atom is 0.210 e. The molecule has 3 N–H and O–H groups in total. The van der Waals surface area contributed by atoms with Crippen LogP contribution in [0.5, 0.6) is 0 Å². The summed E-state index contributed by atoms with van der Waals surface area (Å²) in [6.45, 7) is 0.250. The molecule has 0 atom stereocenters. The Morgan fingerprint density at radius 1 is 1.69 bits per heavy atom. The van der Waals surface area contributed by atoms with Crippen LogP contribution in [0, 0.1) is 0 Å². The predicted molar refractivity (Wildman–Crippen MR) is 47.5 cm³/mol. The van der Waals surface area contributed by atoms with Gasteiger partial charge in [0.2, 0.25) is 10.0 Å². The maximum absolute atomic E-state index is 10.5. The van der Waals surface area contributed by atoms with Crippen LogP contribution in [0.15, 0.2) is 6.20 Å².